The second kappa shape index (κ2) is 10.0. The zero-order valence-electron chi connectivity index (χ0n) is 18.2. The van der Waals surface area contributed by atoms with E-state index in [0.717, 1.165) is 24.5 Å². The summed E-state index contributed by atoms with van der Waals surface area (Å²) in [6.45, 7) is 7.83. The molecule has 1 saturated heterocycles. The second-order valence-corrected chi connectivity index (χ2v) is 9.33. The van der Waals surface area contributed by atoms with Gasteiger partial charge < -0.3 is 9.21 Å². The fourth-order valence-corrected chi connectivity index (χ4v) is 5.67. The molecule has 1 aromatic heterocycles. The van der Waals surface area contributed by atoms with Gasteiger partial charge in [0.15, 0.2) is 0 Å². The third kappa shape index (κ3) is 5.30. The number of hydrogen-bond donors (Lipinski definition) is 2. The summed E-state index contributed by atoms with van der Waals surface area (Å²) in [5, 5.41) is 0. The Labute approximate surface area is 186 Å². The maximum absolute atomic E-state index is 12.0. The van der Waals surface area contributed by atoms with Gasteiger partial charge in [0.05, 0.1) is 17.8 Å². The van der Waals surface area contributed by atoms with Gasteiger partial charge in [0.25, 0.3) is 5.91 Å². The standard InChI is InChI=1S/C22H30N6O2S/c1-16-13-26(14-17(2)28(16)18(3)29)31(4)27(21-8-6-5-7-9-21)15-20-11-10-19(12-24-20)22(30)25-23/h5-12,16-17H,4,13-15,23H2,1-3H3,(H,25,30). The minimum Gasteiger partial charge on any atom is -0.335 e. The Balaban J connectivity index is 1.84. The van der Waals surface area contributed by atoms with Crippen LogP contribution in [0.25, 0.3) is 0 Å². The number of nitrogens with zero attached hydrogens (tertiary/aromatic N) is 4. The van der Waals surface area contributed by atoms with Gasteiger partial charge in [0.1, 0.15) is 0 Å². The van der Waals surface area contributed by atoms with Crippen molar-refractivity contribution in [1.29, 1.82) is 0 Å². The summed E-state index contributed by atoms with van der Waals surface area (Å²) in [6.07, 6.45) is 1.53. The van der Waals surface area contributed by atoms with Gasteiger partial charge in [-0.25, -0.2) is 10.1 Å². The Hall–Kier alpha value is -2.75. The number of para-hydroxylation sites is 1. The fraction of sp³-hybridized carbons (Fsp3) is 0.364. The van der Waals surface area contributed by atoms with Gasteiger partial charge in [0.2, 0.25) is 5.91 Å². The summed E-state index contributed by atoms with van der Waals surface area (Å²) in [6, 6.07) is 13.9. The van der Waals surface area contributed by atoms with Gasteiger partial charge in [-0.1, -0.05) is 18.2 Å². The first-order valence-corrected chi connectivity index (χ1v) is 11.5. The highest BCUT2D eigenvalue weighted by atomic mass is 32.2. The van der Waals surface area contributed by atoms with Gasteiger partial charge in [-0.15, -0.1) is 0 Å². The molecule has 2 aromatic rings. The van der Waals surface area contributed by atoms with Gasteiger partial charge in [0, 0.05) is 44.0 Å². The summed E-state index contributed by atoms with van der Waals surface area (Å²) >= 11 is 0. The number of carbonyl (C=O) groups is 2. The van der Waals surface area contributed by atoms with Crippen LogP contribution in [0.5, 0.6) is 0 Å². The molecule has 0 aliphatic carbocycles. The molecular weight excluding hydrogens is 412 g/mol. The number of aromatic nitrogens is 1. The maximum atomic E-state index is 12.0. The van der Waals surface area contributed by atoms with E-state index < -0.39 is 10.9 Å². The summed E-state index contributed by atoms with van der Waals surface area (Å²) in [7, 11) is -0.492. The Morgan fingerprint density at radius 2 is 1.84 bits per heavy atom. The Kier molecular flexibility index (Phi) is 7.42. The number of amides is 2. The average molecular weight is 443 g/mol. The highest BCUT2D eigenvalue weighted by Gasteiger charge is 2.33. The largest absolute Gasteiger partial charge is 0.335 e. The van der Waals surface area contributed by atoms with Crippen molar-refractivity contribution in [3.8, 4) is 0 Å². The topological polar surface area (TPSA) is 94.8 Å². The van der Waals surface area contributed by atoms with Crippen molar-refractivity contribution in [3.63, 3.8) is 0 Å². The highest BCUT2D eigenvalue weighted by Crippen LogP contribution is 2.34. The quantitative estimate of drug-likeness (QED) is 0.308. The molecule has 1 aromatic carbocycles. The normalized spacial score (nSPS) is 20.2. The molecule has 1 fully saturated rings. The van der Waals surface area contributed by atoms with Crippen LogP contribution in [0.4, 0.5) is 5.69 Å². The van der Waals surface area contributed by atoms with E-state index in [1.54, 1.807) is 13.0 Å². The van der Waals surface area contributed by atoms with Crippen LogP contribution in [0, 0.1) is 0 Å². The number of benzene rings is 1. The number of piperazine rings is 1. The number of nitrogen functional groups attached to an aromatic ring is 1. The van der Waals surface area contributed by atoms with E-state index in [-0.39, 0.29) is 23.9 Å². The van der Waals surface area contributed by atoms with Crippen LogP contribution in [-0.4, -0.2) is 57.0 Å². The lowest BCUT2D eigenvalue weighted by atomic mass is 10.1. The monoisotopic (exact) mass is 442 g/mol. The molecule has 0 spiro atoms. The van der Waals surface area contributed by atoms with Crippen molar-refractivity contribution < 1.29 is 9.59 Å². The van der Waals surface area contributed by atoms with E-state index in [1.807, 2.05) is 29.2 Å². The molecule has 1 aliphatic rings. The summed E-state index contributed by atoms with van der Waals surface area (Å²) in [4.78, 5) is 30.1. The molecule has 8 nitrogen and oxygen atoms in total. The molecule has 3 N–H and O–H groups in total. The molecule has 0 radical (unpaired) electrons. The van der Waals surface area contributed by atoms with Crippen molar-refractivity contribution in [1.82, 2.24) is 19.6 Å². The number of nitrogens with one attached hydrogen (secondary N) is 1. The van der Waals surface area contributed by atoms with Crippen molar-refractivity contribution in [2.45, 2.75) is 39.4 Å². The van der Waals surface area contributed by atoms with Crippen LogP contribution >= 0.6 is 10.9 Å². The number of hydrazine groups is 1. The Bertz CT molecular complexity index is 925. The molecule has 166 valence electrons. The summed E-state index contributed by atoms with van der Waals surface area (Å²) in [5.41, 5.74) is 4.39. The zero-order chi connectivity index (χ0) is 22.5. The lowest BCUT2D eigenvalue weighted by Crippen LogP contribution is -2.57. The van der Waals surface area contributed by atoms with Gasteiger partial charge in [-0.3, -0.25) is 20.0 Å². The van der Waals surface area contributed by atoms with Crippen LogP contribution in [0.2, 0.25) is 0 Å². The van der Waals surface area contributed by atoms with Crippen LogP contribution in [-0.2, 0) is 11.3 Å². The molecule has 2 heterocycles. The lowest BCUT2D eigenvalue weighted by Gasteiger charge is -2.46. The molecule has 0 saturated carbocycles. The van der Waals surface area contributed by atoms with E-state index in [4.69, 9.17) is 5.84 Å². The third-order valence-electron chi connectivity index (χ3n) is 5.37. The smallest absolute Gasteiger partial charge is 0.266 e. The molecule has 1 aliphatic heterocycles. The average Bonchev–Trinajstić information content (AvgIpc) is 2.76. The number of hydrogen-bond acceptors (Lipinski definition) is 6. The maximum Gasteiger partial charge on any atom is 0.266 e. The Morgan fingerprint density at radius 3 is 2.35 bits per heavy atom. The fourth-order valence-electron chi connectivity index (χ4n) is 3.97. The minimum absolute atomic E-state index is 0.106. The van der Waals surface area contributed by atoms with E-state index in [2.05, 4.69) is 50.9 Å². The van der Waals surface area contributed by atoms with Crippen molar-refractivity contribution in [2.24, 2.45) is 5.84 Å². The summed E-state index contributed by atoms with van der Waals surface area (Å²) < 4.78 is 4.55. The highest BCUT2D eigenvalue weighted by molar-refractivity contribution is 8.13. The van der Waals surface area contributed by atoms with E-state index in [1.165, 1.54) is 6.20 Å². The molecule has 0 bridgehead atoms. The molecule has 2 amide bonds. The van der Waals surface area contributed by atoms with Crippen LogP contribution < -0.4 is 15.6 Å². The number of carbonyl (C=O) groups excluding carboxylic acids is 2. The number of pyridine rings is 1. The van der Waals surface area contributed by atoms with Crippen molar-refractivity contribution >= 4 is 34.2 Å². The molecule has 3 unspecified atom stereocenters. The van der Waals surface area contributed by atoms with E-state index in [9.17, 15) is 9.59 Å². The number of anilines is 1. The first-order valence-electron chi connectivity index (χ1n) is 10.2. The zero-order valence-corrected chi connectivity index (χ0v) is 19.0. The minimum atomic E-state index is -0.492. The SMILES string of the molecule is C=S(N1CC(C)N(C(C)=O)C(C)C1)N(Cc1ccc(C(=O)NN)cn1)c1ccccc1. The molecular formula is C22H30N6O2S. The van der Waals surface area contributed by atoms with Crippen LogP contribution in [0.3, 0.4) is 0 Å². The van der Waals surface area contributed by atoms with Crippen molar-refractivity contribution in [3.05, 3.63) is 59.9 Å². The number of rotatable bonds is 6. The molecule has 3 rings (SSSR count). The molecule has 9 heteroatoms. The number of nitrogens with two attached hydrogens (primary N) is 1. The van der Waals surface area contributed by atoms with Gasteiger partial charge in [-0.05, 0) is 54.8 Å². The van der Waals surface area contributed by atoms with Crippen LogP contribution in [0.15, 0.2) is 48.7 Å². The summed E-state index contributed by atoms with van der Waals surface area (Å²) in [5.74, 6) is 9.43. The third-order valence-corrected chi connectivity index (χ3v) is 7.11. The Morgan fingerprint density at radius 1 is 1.19 bits per heavy atom. The lowest BCUT2D eigenvalue weighted by molar-refractivity contribution is -0.135. The van der Waals surface area contributed by atoms with E-state index >= 15 is 0 Å². The predicted molar refractivity (Wildman–Crippen MR) is 126 cm³/mol. The first-order chi connectivity index (χ1) is 14.8. The van der Waals surface area contributed by atoms with E-state index in [0.29, 0.717) is 12.1 Å². The molecule has 31 heavy (non-hydrogen) atoms. The van der Waals surface area contributed by atoms with Crippen molar-refractivity contribution in [2.75, 3.05) is 17.4 Å². The first kappa shape index (κ1) is 22.9. The predicted octanol–water partition coefficient (Wildman–Crippen LogP) is 2.16. The van der Waals surface area contributed by atoms with Crippen LogP contribution in [0.1, 0.15) is 36.8 Å². The molecule has 3 atom stereocenters. The second-order valence-electron chi connectivity index (χ2n) is 7.69. The van der Waals surface area contributed by atoms with Gasteiger partial charge in [-0.2, -0.15) is 0 Å². The van der Waals surface area contributed by atoms with Gasteiger partial charge >= 0.3 is 0 Å².